The fourth-order valence-electron chi connectivity index (χ4n) is 4.87. The predicted octanol–water partition coefficient (Wildman–Crippen LogP) is 1.11. The van der Waals surface area contributed by atoms with Crippen LogP contribution in [0.25, 0.3) is 0 Å². The molecule has 1 fully saturated rings. The number of hydrogen-bond donors (Lipinski definition) is 3. The van der Waals surface area contributed by atoms with E-state index in [4.69, 9.17) is 14.2 Å². The van der Waals surface area contributed by atoms with Gasteiger partial charge in [-0.1, -0.05) is 44.2 Å². The molecule has 3 atom stereocenters. The van der Waals surface area contributed by atoms with E-state index < -0.39 is 44.6 Å². The van der Waals surface area contributed by atoms with E-state index in [1.165, 1.54) is 22.5 Å². The Bertz CT molecular complexity index is 1410. The maximum atomic E-state index is 13.7. The highest BCUT2D eigenvalue weighted by molar-refractivity contribution is 7.89. The van der Waals surface area contributed by atoms with Gasteiger partial charge in [0.2, 0.25) is 32.7 Å². The van der Waals surface area contributed by atoms with Gasteiger partial charge in [-0.2, -0.15) is 4.31 Å². The number of nitrogens with one attached hydrogen (secondary N) is 2. The molecule has 2 aromatic carbocycles. The van der Waals surface area contributed by atoms with E-state index in [-0.39, 0.29) is 48.8 Å². The number of amides is 1. The van der Waals surface area contributed by atoms with Gasteiger partial charge in [-0.05, 0) is 42.4 Å². The minimum atomic E-state index is -4.07. The van der Waals surface area contributed by atoms with Crippen molar-refractivity contribution in [1.29, 1.82) is 0 Å². The van der Waals surface area contributed by atoms with E-state index in [9.17, 15) is 26.7 Å². The quantitative estimate of drug-likeness (QED) is 0.263. The van der Waals surface area contributed by atoms with Crippen LogP contribution in [0.5, 0.6) is 11.5 Å². The molecule has 14 heteroatoms. The lowest BCUT2D eigenvalue weighted by molar-refractivity contribution is -0.121. The van der Waals surface area contributed by atoms with E-state index in [2.05, 4.69) is 10.0 Å². The molecule has 2 aliphatic heterocycles. The van der Waals surface area contributed by atoms with E-state index >= 15 is 0 Å². The number of ether oxygens (including phenoxy) is 3. The third-order valence-electron chi connectivity index (χ3n) is 6.98. The molecule has 0 spiro atoms. The summed E-state index contributed by atoms with van der Waals surface area (Å²) in [4.78, 5) is 12.9. The molecule has 0 aliphatic carbocycles. The monoisotopic (exact) mass is 625 g/mol. The average Bonchev–Trinajstić information content (AvgIpc) is 3.63. The first kappa shape index (κ1) is 32.2. The third-order valence-corrected chi connectivity index (χ3v) is 10.3. The Kier molecular flexibility index (Phi) is 10.8. The molecule has 2 aliphatic rings. The first-order valence-corrected chi connectivity index (χ1v) is 17.0. The topological polar surface area (TPSA) is 161 Å². The lowest BCUT2D eigenvalue weighted by atomic mass is 10.0. The molecular formula is C28H39N3O9S2. The second-order valence-electron chi connectivity index (χ2n) is 11.0. The van der Waals surface area contributed by atoms with Crippen LogP contribution in [0.2, 0.25) is 0 Å². The number of sulfonamides is 2. The largest absolute Gasteiger partial charge is 0.454 e. The standard InChI is InChI=1S/C28H39N3O9S2/c1-20(2)15-31(42(36,37)23-8-9-26-27(13-23)40-19-39-26)16-25(32)24(12-21-6-4-3-5-7-21)30-28(33)14-29-41(34,35)18-22-10-11-38-17-22/h3-9,13,20,22,24-25,29,32H,10-12,14-19H2,1-2H3,(H,30,33)/t22-,24+,25-/m1/s1. The van der Waals surface area contributed by atoms with Gasteiger partial charge in [0.05, 0.1) is 35.9 Å². The number of aliphatic hydroxyl groups is 1. The Morgan fingerprint density at radius 3 is 2.48 bits per heavy atom. The highest BCUT2D eigenvalue weighted by Gasteiger charge is 2.33. The summed E-state index contributed by atoms with van der Waals surface area (Å²) in [6.45, 7) is 3.89. The first-order valence-electron chi connectivity index (χ1n) is 13.9. The van der Waals surface area contributed by atoms with Gasteiger partial charge < -0.3 is 24.6 Å². The van der Waals surface area contributed by atoms with Crippen LogP contribution in [0.4, 0.5) is 0 Å². The normalized spacial score (nSPS) is 18.4. The van der Waals surface area contributed by atoms with Gasteiger partial charge in [0.15, 0.2) is 11.5 Å². The smallest absolute Gasteiger partial charge is 0.243 e. The van der Waals surface area contributed by atoms with Crippen LogP contribution in [0.15, 0.2) is 53.4 Å². The predicted molar refractivity (Wildman–Crippen MR) is 155 cm³/mol. The van der Waals surface area contributed by atoms with Crippen LogP contribution < -0.4 is 19.5 Å². The van der Waals surface area contributed by atoms with Crippen LogP contribution in [-0.2, 0) is 36.0 Å². The van der Waals surface area contributed by atoms with Crippen molar-refractivity contribution in [3.63, 3.8) is 0 Å². The van der Waals surface area contributed by atoms with Gasteiger partial charge in [0.1, 0.15) is 0 Å². The van der Waals surface area contributed by atoms with Crippen molar-refractivity contribution in [1.82, 2.24) is 14.3 Å². The molecule has 232 valence electrons. The van der Waals surface area contributed by atoms with Crippen LogP contribution in [0.1, 0.15) is 25.8 Å². The molecule has 0 aromatic heterocycles. The second kappa shape index (κ2) is 14.1. The average molecular weight is 626 g/mol. The minimum absolute atomic E-state index is 0.000719. The van der Waals surface area contributed by atoms with Crippen molar-refractivity contribution in [2.45, 2.75) is 43.7 Å². The van der Waals surface area contributed by atoms with Crippen LogP contribution >= 0.6 is 0 Å². The molecule has 2 aromatic rings. The van der Waals surface area contributed by atoms with Crippen molar-refractivity contribution in [2.24, 2.45) is 11.8 Å². The third kappa shape index (κ3) is 8.88. The van der Waals surface area contributed by atoms with Gasteiger partial charge in [-0.3, -0.25) is 4.79 Å². The highest BCUT2D eigenvalue weighted by atomic mass is 32.2. The van der Waals surface area contributed by atoms with Gasteiger partial charge in [0.25, 0.3) is 0 Å². The summed E-state index contributed by atoms with van der Waals surface area (Å²) in [7, 11) is -7.79. The Balaban J connectivity index is 1.48. The number of fused-ring (bicyclic) bond motifs is 1. The van der Waals surface area contributed by atoms with Crippen molar-refractivity contribution in [3.05, 3.63) is 54.1 Å². The zero-order valence-electron chi connectivity index (χ0n) is 23.8. The van der Waals surface area contributed by atoms with Gasteiger partial charge in [-0.15, -0.1) is 0 Å². The molecule has 42 heavy (non-hydrogen) atoms. The lowest BCUT2D eigenvalue weighted by Gasteiger charge is -2.31. The molecule has 0 saturated carbocycles. The van der Waals surface area contributed by atoms with Crippen molar-refractivity contribution in [3.8, 4) is 11.5 Å². The van der Waals surface area contributed by atoms with Crippen LogP contribution in [0.3, 0.4) is 0 Å². The summed E-state index contributed by atoms with van der Waals surface area (Å²) in [5.41, 5.74) is 0.803. The summed E-state index contributed by atoms with van der Waals surface area (Å²) < 4.78 is 71.8. The van der Waals surface area contributed by atoms with Gasteiger partial charge in [0, 0.05) is 25.8 Å². The van der Waals surface area contributed by atoms with E-state index in [1.807, 2.05) is 44.2 Å². The Hall–Kier alpha value is -2.75. The van der Waals surface area contributed by atoms with E-state index in [1.54, 1.807) is 0 Å². The van der Waals surface area contributed by atoms with Crippen LogP contribution in [0, 0.1) is 11.8 Å². The number of carbonyl (C=O) groups excluding carboxylic acids is 1. The van der Waals surface area contributed by atoms with Gasteiger partial charge >= 0.3 is 0 Å². The zero-order chi connectivity index (χ0) is 30.3. The maximum Gasteiger partial charge on any atom is 0.243 e. The molecule has 4 rings (SSSR count). The minimum Gasteiger partial charge on any atom is -0.454 e. The fraction of sp³-hybridized carbons (Fsp3) is 0.536. The maximum absolute atomic E-state index is 13.7. The van der Waals surface area contributed by atoms with E-state index in [0.717, 1.165) is 5.56 Å². The molecule has 3 N–H and O–H groups in total. The van der Waals surface area contributed by atoms with Crippen molar-refractivity contribution < 1.29 is 40.9 Å². The van der Waals surface area contributed by atoms with Gasteiger partial charge in [-0.25, -0.2) is 21.6 Å². The highest BCUT2D eigenvalue weighted by Crippen LogP contribution is 2.35. The fourth-order valence-corrected chi connectivity index (χ4v) is 7.86. The number of rotatable bonds is 15. The molecule has 0 bridgehead atoms. The number of aliphatic hydroxyl groups excluding tert-OH is 1. The molecular weight excluding hydrogens is 586 g/mol. The summed E-state index contributed by atoms with van der Waals surface area (Å²) in [5, 5.41) is 14.1. The summed E-state index contributed by atoms with van der Waals surface area (Å²) in [6.07, 6.45) is -0.482. The number of carbonyl (C=O) groups is 1. The first-order chi connectivity index (χ1) is 19.9. The Morgan fingerprint density at radius 1 is 1.05 bits per heavy atom. The summed E-state index contributed by atoms with van der Waals surface area (Å²) >= 11 is 0. The SMILES string of the molecule is CC(C)CN(C[C@@H](O)[C@H](Cc1ccccc1)NC(=O)CNS(=O)(=O)C[C@@H]1CCOC1)S(=O)(=O)c1ccc2c(c1)OCO2. The molecule has 1 saturated heterocycles. The Morgan fingerprint density at radius 2 is 1.79 bits per heavy atom. The summed E-state index contributed by atoms with van der Waals surface area (Å²) in [5.74, 6) is -0.214. The number of hydrogen-bond acceptors (Lipinski definition) is 9. The van der Waals surface area contributed by atoms with Crippen molar-refractivity contribution in [2.75, 3.05) is 45.4 Å². The van der Waals surface area contributed by atoms with E-state index in [0.29, 0.717) is 31.1 Å². The Labute approximate surface area is 247 Å². The lowest BCUT2D eigenvalue weighted by Crippen LogP contribution is -2.52. The second-order valence-corrected chi connectivity index (χ2v) is 14.8. The molecule has 12 nitrogen and oxygen atoms in total. The number of benzene rings is 2. The van der Waals surface area contributed by atoms with Crippen LogP contribution in [-0.4, -0.2) is 89.7 Å². The molecule has 0 unspecified atom stereocenters. The molecule has 2 heterocycles. The summed E-state index contributed by atoms with van der Waals surface area (Å²) in [6, 6.07) is 12.6. The zero-order valence-corrected chi connectivity index (χ0v) is 25.4. The number of nitrogens with zero attached hydrogens (tertiary/aromatic N) is 1. The molecule has 0 radical (unpaired) electrons. The molecule has 1 amide bonds. The van der Waals surface area contributed by atoms with Crippen molar-refractivity contribution >= 4 is 26.0 Å².